The number of amides is 2. The molecule has 2 saturated heterocycles. The topological polar surface area (TPSA) is 212 Å². The Bertz CT molecular complexity index is 1610. The van der Waals surface area contributed by atoms with Crippen LogP contribution in [0.25, 0.3) is 5.65 Å². The summed E-state index contributed by atoms with van der Waals surface area (Å²) in [7, 11) is -4.94. The second kappa shape index (κ2) is 11.8. The molecule has 0 spiro atoms. The minimum Gasteiger partial charge on any atom is -0.488 e. The number of carbonyl (C=O) groups is 2. The number of nitrogens with zero attached hydrogens (tertiary/aromatic N) is 5. The zero-order chi connectivity index (χ0) is 30.1. The largest absolute Gasteiger partial charge is 0.488 e. The highest BCUT2D eigenvalue weighted by atomic mass is 32.3. The van der Waals surface area contributed by atoms with Gasteiger partial charge in [0.15, 0.2) is 17.5 Å². The molecule has 16 nitrogen and oxygen atoms in total. The highest BCUT2D eigenvalue weighted by molar-refractivity contribution is 7.80. The normalized spacial score (nSPS) is 20.8. The molecule has 2 atom stereocenters. The van der Waals surface area contributed by atoms with Gasteiger partial charge < -0.3 is 30.3 Å². The van der Waals surface area contributed by atoms with Gasteiger partial charge in [0.1, 0.15) is 29.7 Å². The molecule has 2 fully saturated rings. The standard InChI is InChI=1S/C24H30N8O8S2/c1-24(2)20(22(34)32(24)40-42(35,36)37)29-21(33)19(17-13-41-23(25)28-17)30-39-9-8-38-15-5-6-18-27-16(12-31(18)11-15)14-4-3-7-26-10-14/h5-6,11-14,20,26H,3-4,7-10H2,1-2H3,(H2,25,28)(H,29,33)(H,35,36,37). The van der Waals surface area contributed by atoms with Crippen LogP contribution in [0.5, 0.6) is 5.75 Å². The van der Waals surface area contributed by atoms with Gasteiger partial charge in [-0.1, -0.05) is 5.16 Å². The van der Waals surface area contributed by atoms with E-state index in [9.17, 15) is 18.0 Å². The highest BCUT2D eigenvalue weighted by Crippen LogP contribution is 2.33. The van der Waals surface area contributed by atoms with E-state index >= 15 is 0 Å². The first-order valence-electron chi connectivity index (χ1n) is 13.0. The van der Waals surface area contributed by atoms with E-state index < -0.39 is 33.8 Å². The number of oxime groups is 1. The molecule has 5 rings (SSSR count). The van der Waals surface area contributed by atoms with Crippen LogP contribution in [-0.2, 0) is 29.1 Å². The summed E-state index contributed by atoms with van der Waals surface area (Å²) in [4.78, 5) is 39.6. The number of carbonyl (C=O) groups excluding carboxylic acids is 2. The number of anilines is 1. The van der Waals surface area contributed by atoms with Gasteiger partial charge in [0.25, 0.3) is 11.8 Å². The SMILES string of the molecule is CC1(C)C(NC(=O)C(=NOCCOc2ccc3nc(C4CCCNC4)cn3c2)c2csc(N)n2)C(=O)N1OS(=O)(=O)O. The number of hydrogen-bond donors (Lipinski definition) is 4. The molecule has 42 heavy (non-hydrogen) atoms. The Morgan fingerprint density at radius 3 is 2.79 bits per heavy atom. The lowest BCUT2D eigenvalue weighted by atomic mass is 9.84. The number of rotatable bonds is 11. The summed E-state index contributed by atoms with van der Waals surface area (Å²) in [5, 5.41) is 11.9. The van der Waals surface area contributed by atoms with Gasteiger partial charge in [-0.2, -0.15) is 13.5 Å². The Balaban J connectivity index is 1.19. The maximum absolute atomic E-state index is 13.1. The van der Waals surface area contributed by atoms with Crippen LogP contribution in [0, 0.1) is 0 Å². The number of aromatic nitrogens is 3. The number of imidazole rings is 1. The zero-order valence-corrected chi connectivity index (χ0v) is 24.4. The van der Waals surface area contributed by atoms with E-state index in [2.05, 4.69) is 25.1 Å². The van der Waals surface area contributed by atoms with E-state index in [4.69, 9.17) is 24.8 Å². The first-order valence-corrected chi connectivity index (χ1v) is 15.2. The van der Waals surface area contributed by atoms with Crippen molar-refractivity contribution in [2.24, 2.45) is 5.16 Å². The molecule has 2 amide bonds. The van der Waals surface area contributed by atoms with Gasteiger partial charge in [0, 0.05) is 24.0 Å². The van der Waals surface area contributed by atoms with E-state index in [0.717, 1.165) is 48.6 Å². The monoisotopic (exact) mass is 622 g/mol. The van der Waals surface area contributed by atoms with Crippen molar-refractivity contribution in [2.75, 3.05) is 32.0 Å². The Morgan fingerprint density at radius 2 is 2.12 bits per heavy atom. The van der Waals surface area contributed by atoms with E-state index in [1.165, 1.54) is 19.2 Å². The molecule has 0 radical (unpaired) electrons. The fourth-order valence-electron chi connectivity index (χ4n) is 4.70. The first-order chi connectivity index (χ1) is 19.9. The molecule has 0 aliphatic carbocycles. The minimum atomic E-state index is -4.94. The summed E-state index contributed by atoms with van der Waals surface area (Å²) in [6, 6.07) is 2.48. The number of thiazole rings is 1. The van der Waals surface area contributed by atoms with Gasteiger partial charge >= 0.3 is 10.4 Å². The summed E-state index contributed by atoms with van der Waals surface area (Å²) in [5.41, 5.74) is 6.12. The molecule has 2 aliphatic rings. The van der Waals surface area contributed by atoms with Gasteiger partial charge in [-0.15, -0.1) is 15.6 Å². The predicted molar refractivity (Wildman–Crippen MR) is 150 cm³/mol. The maximum atomic E-state index is 13.1. The number of β-lactam (4-membered cyclic amide) rings is 1. The van der Waals surface area contributed by atoms with Crippen LogP contribution in [-0.4, -0.2) is 87.8 Å². The molecule has 18 heteroatoms. The number of nitrogens with two attached hydrogens (primary N) is 1. The number of nitrogen functional groups attached to an aromatic ring is 1. The van der Waals surface area contributed by atoms with Crippen molar-refractivity contribution >= 4 is 50.0 Å². The van der Waals surface area contributed by atoms with Gasteiger partial charge in [0.2, 0.25) is 0 Å². The highest BCUT2D eigenvalue weighted by Gasteiger charge is 2.58. The molecule has 5 N–H and O–H groups in total. The van der Waals surface area contributed by atoms with Gasteiger partial charge in [-0.25, -0.2) is 9.97 Å². The lowest BCUT2D eigenvalue weighted by Gasteiger charge is -2.50. The number of fused-ring (bicyclic) bond motifs is 1. The van der Waals surface area contributed by atoms with E-state index in [1.807, 2.05) is 22.9 Å². The molecule has 0 aromatic carbocycles. The first kappa shape index (κ1) is 29.6. The van der Waals surface area contributed by atoms with Crippen molar-refractivity contribution < 1.29 is 36.4 Å². The van der Waals surface area contributed by atoms with Crippen LogP contribution in [0.2, 0.25) is 0 Å². The van der Waals surface area contributed by atoms with Crippen LogP contribution in [0.1, 0.15) is 44.0 Å². The van der Waals surface area contributed by atoms with E-state index in [1.54, 1.807) is 6.07 Å². The molecular weight excluding hydrogens is 592 g/mol. The lowest BCUT2D eigenvalue weighted by Crippen LogP contribution is -2.76. The van der Waals surface area contributed by atoms with Crippen LogP contribution in [0.4, 0.5) is 5.13 Å². The Morgan fingerprint density at radius 1 is 1.31 bits per heavy atom. The summed E-state index contributed by atoms with van der Waals surface area (Å²) in [6.45, 7) is 4.89. The molecule has 3 aromatic rings. The smallest absolute Gasteiger partial charge is 0.418 e. The summed E-state index contributed by atoms with van der Waals surface area (Å²) >= 11 is 1.07. The maximum Gasteiger partial charge on any atom is 0.418 e. The third-order valence-electron chi connectivity index (χ3n) is 6.86. The quantitative estimate of drug-likeness (QED) is 0.0756. The number of ether oxygens (including phenoxy) is 1. The third-order valence-corrected chi connectivity index (χ3v) is 7.87. The second-order valence-electron chi connectivity index (χ2n) is 10.2. The number of hydroxylamine groups is 2. The third kappa shape index (κ3) is 6.46. The average molecular weight is 623 g/mol. The van der Waals surface area contributed by atoms with Crippen LogP contribution < -0.4 is 21.1 Å². The lowest BCUT2D eigenvalue weighted by molar-refractivity contribution is -0.218. The molecule has 0 saturated carbocycles. The predicted octanol–water partition coefficient (Wildman–Crippen LogP) is 0.480. The molecule has 2 unspecified atom stereocenters. The van der Waals surface area contributed by atoms with Crippen molar-refractivity contribution in [1.29, 1.82) is 0 Å². The van der Waals surface area contributed by atoms with Gasteiger partial charge in [-0.3, -0.25) is 14.1 Å². The number of nitrogens with one attached hydrogen (secondary N) is 2. The van der Waals surface area contributed by atoms with Crippen molar-refractivity contribution in [3.8, 4) is 5.75 Å². The molecule has 5 heterocycles. The summed E-state index contributed by atoms with van der Waals surface area (Å²) < 4.78 is 43.0. The number of pyridine rings is 1. The van der Waals surface area contributed by atoms with Crippen LogP contribution in [0.3, 0.4) is 0 Å². The second-order valence-corrected chi connectivity index (χ2v) is 12.1. The Kier molecular flexibility index (Phi) is 8.33. The molecule has 2 aliphatic heterocycles. The molecule has 226 valence electrons. The van der Waals surface area contributed by atoms with Gasteiger partial charge in [0.05, 0.1) is 17.4 Å². The van der Waals surface area contributed by atoms with Crippen LogP contribution >= 0.6 is 11.3 Å². The van der Waals surface area contributed by atoms with Crippen molar-refractivity contribution in [3.05, 3.63) is 41.3 Å². The van der Waals surface area contributed by atoms with Crippen molar-refractivity contribution in [1.82, 2.24) is 30.1 Å². The molecule has 3 aromatic heterocycles. The molecular formula is C24H30N8O8S2. The van der Waals surface area contributed by atoms with Crippen molar-refractivity contribution in [3.63, 3.8) is 0 Å². The molecule has 0 bridgehead atoms. The fourth-order valence-corrected chi connectivity index (χ4v) is 5.71. The Hall–Kier alpha value is -3.84. The fraction of sp³-hybridized carbons (Fsp3) is 0.458. The summed E-state index contributed by atoms with van der Waals surface area (Å²) in [6.07, 6.45) is 6.05. The van der Waals surface area contributed by atoms with Crippen molar-refractivity contribution in [2.45, 2.75) is 44.2 Å². The zero-order valence-electron chi connectivity index (χ0n) is 22.7. The number of hydrogen-bond acceptors (Lipinski definition) is 13. The summed E-state index contributed by atoms with van der Waals surface area (Å²) in [5.74, 6) is -0.747. The van der Waals surface area contributed by atoms with E-state index in [-0.39, 0.29) is 29.8 Å². The van der Waals surface area contributed by atoms with E-state index in [0.29, 0.717) is 16.7 Å². The minimum absolute atomic E-state index is 0.0266. The average Bonchev–Trinajstić information content (AvgIpc) is 3.58. The van der Waals surface area contributed by atoms with Crippen LogP contribution in [0.15, 0.2) is 35.1 Å². The van der Waals surface area contributed by atoms with Gasteiger partial charge in [-0.05, 0) is 45.4 Å². The Labute approximate surface area is 244 Å². The number of piperidine rings is 1.